The molecule has 0 aromatic carbocycles. The van der Waals surface area contributed by atoms with Gasteiger partial charge in [0.05, 0.1) is 12.2 Å². The molecular formula is C15H24IN7O3S. The number of rotatable bonds is 5. The third kappa shape index (κ3) is 5.42. The lowest BCUT2D eigenvalue weighted by Crippen LogP contribution is -2.53. The molecule has 2 aromatic heterocycles. The lowest BCUT2D eigenvalue weighted by Gasteiger charge is -2.35. The second-order valence-electron chi connectivity index (χ2n) is 5.99. The first-order chi connectivity index (χ1) is 12.5. The Hall–Kier alpha value is -1.67. The molecular weight excluding hydrogens is 485 g/mol. The Morgan fingerprint density at radius 2 is 2.07 bits per heavy atom. The molecule has 1 aliphatic heterocycles. The predicted octanol–water partition coefficient (Wildman–Crippen LogP) is 0.249. The number of halogens is 1. The van der Waals surface area contributed by atoms with Crippen molar-refractivity contribution in [1.82, 2.24) is 29.2 Å². The van der Waals surface area contributed by atoms with Gasteiger partial charge in [0.15, 0.2) is 5.96 Å². The van der Waals surface area contributed by atoms with Crippen molar-refractivity contribution < 1.29 is 12.9 Å². The van der Waals surface area contributed by atoms with E-state index in [1.54, 1.807) is 19.3 Å². The number of aryl methyl sites for hydroxylation is 1. The molecule has 0 aliphatic carbocycles. The number of hydrogen-bond acceptors (Lipinski definition) is 6. The SMILES string of the molecule is CN=C(NCc1nccn1C)N1CCN(S(=O)(=O)Cc2ccon2)CC1.I. The molecule has 0 saturated carbocycles. The van der Waals surface area contributed by atoms with Gasteiger partial charge in [0.2, 0.25) is 10.0 Å². The molecule has 2 aromatic rings. The van der Waals surface area contributed by atoms with Gasteiger partial charge in [0.25, 0.3) is 0 Å². The van der Waals surface area contributed by atoms with Crippen LogP contribution in [0.4, 0.5) is 0 Å². The maximum Gasteiger partial charge on any atom is 0.220 e. The van der Waals surface area contributed by atoms with Gasteiger partial charge in [-0.15, -0.1) is 24.0 Å². The van der Waals surface area contributed by atoms with Gasteiger partial charge in [-0.2, -0.15) is 4.31 Å². The fraction of sp³-hybridized carbons (Fsp3) is 0.533. The molecule has 0 radical (unpaired) electrons. The summed E-state index contributed by atoms with van der Waals surface area (Å²) in [4.78, 5) is 10.6. The minimum absolute atomic E-state index is 0. The normalized spacial score (nSPS) is 16.2. The van der Waals surface area contributed by atoms with Crippen LogP contribution < -0.4 is 5.32 Å². The number of nitrogens with one attached hydrogen (secondary N) is 1. The molecule has 0 spiro atoms. The van der Waals surface area contributed by atoms with Gasteiger partial charge >= 0.3 is 0 Å². The average molecular weight is 509 g/mol. The Morgan fingerprint density at radius 3 is 2.63 bits per heavy atom. The summed E-state index contributed by atoms with van der Waals surface area (Å²) < 4.78 is 33.1. The lowest BCUT2D eigenvalue weighted by atomic mass is 10.4. The molecule has 12 heteroatoms. The molecule has 150 valence electrons. The van der Waals surface area contributed by atoms with Crippen LogP contribution in [0.25, 0.3) is 0 Å². The number of nitrogens with zero attached hydrogens (tertiary/aromatic N) is 6. The van der Waals surface area contributed by atoms with Crippen LogP contribution in [0.2, 0.25) is 0 Å². The van der Waals surface area contributed by atoms with Gasteiger partial charge in [-0.05, 0) is 0 Å². The van der Waals surface area contributed by atoms with Gasteiger partial charge in [0, 0.05) is 58.7 Å². The van der Waals surface area contributed by atoms with Crippen molar-refractivity contribution in [3.05, 3.63) is 36.2 Å². The van der Waals surface area contributed by atoms with E-state index >= 15 is 0 Å². The first-order valence-corrected chi connectivity index (χ1v) is 9.89. The molecule has 0 unspecified atom stereocenters. The van der Waals surface area contributed by atoms with Crippen LogP contribution in [0.15, 0.2) is 34.2 Å². The number of hydrogen-bond donors (Lipinski definition) is 1. The third-order valence-corrected chi connectivity index (χ3v) is 6.10. The van der Waals surface area contributed by atoms with E-state index in [-0.39, 0.29) is 29.7 Å². The van der Waals surface area contributed by atoms with Crippen LogP contribution >= 0.6 is 24.0 Å². The molecule has 3 heterocycles. The molecule has 1 saturated heterocycles. The van der Waals surface area contributed by atoms with Crippen molar-refractivity contribution in [2.75, 3.05) is 33.2 Å². The molecule has 1 aliphatic rings. The van der Waals surface area contributed by atoms with Gasteiger partial charge in [-0.1, -0.05) is 5.16 Å². The number of aliphatic imine (C=N–C) groups is 1. The highest BCUT2D eigenvalue weighted by Crippen LogP contribution is 2.13. The van der Waals surface area contributed by atoms with Crippen LogP contribution in [0.3, 0.4) is 0 Å². The first kappa shape index (κ1) is 21.6. The summed E-state index contributed by atoms with van der Waals surface area (Å²) in [6.45, 7) is 2.50. The molecule has 1 N–H and O–H groups in total. The summed E-state index contributed by atoms with van der Waals surface area (Å²) in [5.74, 6) is 1.50. The van der Waals surface area contributed by atoms with Crippen molar-refractivity contribution in [2.24, 2.45) is 12.0 Å². The zero-order chi connectivity index (χ0) is 18.6. The van der Waals surface area contributed by atoms with E-state index in [4.69, 9.17) is 4.52 Å². The van der Waals surface area contributed by atoms with Crippen molar-refractivity contribution >= 4 is 40.0 Å². The van der Waals surface area contributed by atoms with Crippen molar-refractivity contribution in [3.8, 4) is 0 Å². The van der Waals surface area contributed by atoms with Crippen LogP contribution in [-0.4, -0.2) is 71.5 Å². The van der Waals surface area contributed by atoms with Crippen LogP contribution in [0, 0.1) is 0 Å². The minimum atomic E-state index is -3.40. The van der Waals surface area contributed by atoms with Crippen LogP contribution in [0.5, 0.6) is 0 Å². The zero-order valence-electron chi connectivity index (χ0n) is 15.3. The van der Waals surface area contributed by atoms with E-state index < -0.39 is 10.0 Å². The second kappa shape index (κ2) is 9.50. The monoisotopic (exact) mass is 509 g/mol. The second-order valence-corrected chi connectivity index (χ2v) is 7.96. The summed E-state index contributed by atoms with van der Waals surface area (Å²) in [5.41, 5.74) is 0.417. The molecule has 0 atom stereocenters. The number of imidazole rings is 1. The molecule has 1 fully saturated rings. The van der Waals surface area contributed by atoms with E-state index in [0.717, 1.165) is 11.8 Å². The highest BCUT2D eigenvalue weighted by molar-refractivity contribution is 14.0. The highest BCUT2D eigenvalue weighted by Gasteiger charge is 2.29. The van der Waals surface area contributed by atoms with E-state index in [2.05, 4.69) is 20.4 Å². The predicted molar refractivity (Wildman–Crippen MR) is 111 cm³/mol. The Kier molecular flexibility index (Phi) is 7.61. The number of guanidine groups is 1. The molecule has 0 amide bonds. The lowest BCUT2D eigenvalue weighted by molar-refractivity contribution is 0.259. The highest BCUT2D eigenvalue weighted by atomic mass is 127. The fourth-order valence-electron chi connectivity index (χ4n) is 2.83. The summed E-state index contributed by atoms with van der Waals surface area (Å²) in [7, 11) is 0.248. The largest absolute Gasteiger partial charge is 0.364 e. The standard InChI is InChI=1S/C15H23N7O3S.HI/c1-16-15(18-11-14-17-4-5-20(14)2)21-6-8-22(9-7-21)26(23,24)12-13-3-10-25-19-13;/h3-5,10H,6-9,11-12H2,1-2H3,(H,16,18);1H. The van der Waals surface area contributed by atoms with E-state index in [0.29, 0.717) is 38.4 Å². The van der Waals surface area contributed by atoms with Gasteiger partial charge in [0.1, 0.15) is 17.8 Å². The van der Waals surface area contributed by atoms with Crippen molar-refractivity contribution in [1.29, 1.82) is 0 Å². The maximum absolute atomic E-state index is 12.5. The maximum atomic E-state index is 12.5. The minimum Gasteiger partial charge on any atom is -0.364 e. The van der Waals surface area contributed by atoms with Crippen molar-refractivity contribution in [3.63, 3.8) is 0 Å². The van der Waals surface area contributed by atoms with Crippen LogP contribution in [0.1, 0.15) is 11.5 Å². The Morgan fingerprint density at radius 1 is 1.33 bits per heavy atom. The molecule has 27 heavy (non-hydrogen) atoms. The molecule has 3 rings (SSSR count). The molecule has 10 nitrogen and oxygen atoms in total. The van der Waals surface area contributed by atoms with Crippen molar-refractivity contribution in [2.45, 2.75) is 12.3 Å². The zero-order valence-corrected chi connectivity index (χ0v) is 18.4. The molecule has 0 bridgehead atoms. The van der Waals surface area contributed by atoms with Gasteiger partial charge in [-0.3, -0.25) is 4.99 Å². The van der Waals surface area contributed by atoms with Gasteiger partial charge < -0.3 is 19.3 Å². The number of aromatic nitrogens is 3. The summed E-state index contributed by atoms with van der Waals surface area (Å²) in [6, 6.07) is 1.57. The third-order valence-electron chi connectivity index (χ3n) is 4.29. The van der Waals surface area contributed by atoms with E-state index in [9.17, 15) is 8.42 Å². The smallest absolute Gasteiger partial charge is 0.220 e. The average Bonchev–Trinajstić information content (AvgIpc) is 3.27. The van der Waals surface area contributed by atoms with E-state index in [1.165, 1.54) is 10.6 Å². The Bertz CT molecular complexity index is 843. The summed E-state index contributed by atoms with van der Waals surface area (Å²) >= 11 is 0. The topological polar surface area (TPSA) is 109 Å². The van der Waals surface area contributed by atoms with Gasteiger partial charge in [-0.25, -0.2) is 13.4 Å². The Labute approximate surface area is 175 Å². The van der Waals surface area contributed by atoms with E-state index in [1.807, 2.05) is 22.7 Å². The Balaban J connectivity index is 0.00000261. The number of sulfonamides is 1. The number of piperazine rings is 1. The quantitative estimate of drug-likeness (QED) is 0.350. The fourth-order valence-corrected chi connectivity index (χ4v) is 4.25. The van der Waals surface area contributed by atoms with Crippen LogP contribution in [-0.2, 0) is 29.4 Å². The summed E-state index contributed by atoms with van der Waals surface area (Å²) in [6.07, 6.45) is 5.01. The summed E-state index contributed by atoms with van der Waals surface area (Å²) in [5, 5.41) is 6.95. The first-order valence-electron chi connectivity index (χ1n) is 8.28.